The van der Waals surface area contributed by atoms with Crippen molar-refractivity contribution in [1.82, 2.24) is 15.0 Å². The molecule has 0 aliphatic carbocycles. The summed E-state index contributed by atoms with van der Waals surface area (Å²) in [5.41, 5.74) is 6.59. The Kier molecular flexibility index (Phi) is 4.41. The maximum absolute atomic E-state index is 4.54. The van der Waals surface area contributed by atoms with Gasteiger partial charge >= 0.3 is 0 Å². The van der Waals surface area contributed by atoms with Gasteiger partial charge in [0.05, 0.1) is 29.4 Å². The number of pyridine rings is 3. The predicted molar refractivity (Wildman–Crippen MR) is 116 cm³/mol. The molecular weight excluding hydrogens is 358 g/mol. The van der Waals surface area contributed by atoms with E-state index in [1.807, 2.05) is 42.9 Å². The minimum Gasteiger partial charge on any atom is -0.347 e. The summed E-state index contributed by atoms with van der Waals surface area (Å²) in [7, 11) is 0. The molecule has 0 fully saturated rings. The van der Waals surface area contributed by atoms with Gasteiger partial charge in [0, 0.05) is 25.1 Å². The van der Waals surface area contributed by atoms with Crippen LogP contribution in [0.4, 0.5) is 17.2 Å². The second-order valence-electron chi connectivity index (χ2n) is 7.21. The summed E-state index contributed by atoms with van der Waals surface area (Å²) in [6, 6.07) is 22.8. The molecule has 0 saturated heterocycles. The molecule has 5 rings (SSSR count). The zero-order chi connectivity index (χ0) is 19.6. The van der Waals surface area contributed by atoms with Gasteiger partial charge in [0.1, 0.15) is 5.82 Å². The van der Waals surface area contributed by atoms with Gasteiger partial charge < -0.3 is 9.80 Å². The molecule has 1 aromatic carbocycles. The Balaban J connectivity index is 1.45. The van der Waals surface area contributed by atoms with E-state index in [1.165, 1.54) is 22.5 Å². The molecular formula is C24H21N5. The van der Waals surface area contributed by atoms with E-state index in [2.05, 4.69) is 74.1 Å². The molecule has 0 N–H and O–H groups in total. The van der Waals surface area contributed by atoms with Crippen molar-refractivity contribution in [2.75, 3.05) is 16.5 Å². The number of hydrogen-bond donors (Lipinski definition) is 0. The molecule has 5 nitrogen and oxygen atoms in total. The summed E-state index contributed by atoms with van der Waals surface area (Å²) >= 11 is 0. The topological polar surface area (TPSA) is 45.2 Å². The van der Waals surface area contributed by atoms with Crippen molar-refractivity contribution in [2.24, 2.45) is 0 Å². The molecule has 4 heterocycles. The fourth-order valence-corrected chi connectivity index (χ4v) is 3.74. The third-order valence-electron chi connectivity index (χ3n) is 5.13. The zero-order valence-corrected chi connectivity index (χ0v) is 16.2. The van der Waals surface area contributed by atoms with Crippen LogP contribution in [-0.4, -0.2) is 21.6 Å². The Morgan fingerprint density at radius 1 is 0.759 bits per heavy atom. The summed E-state index contributed by atoms with van der Waals surface area (Å²) in [4.78, 5) is 18.2. The van der Waals surface area contributed by atoms with E-state index in [-0.39, 0.29) is 0 Å². The molecule has 1 aliphatic rings. The highest BCUT2D eigenvalue weighted by Crippen LogP contribution is 2.40. The van der Waals surface area contributed by atoms with Crippen molar-refractivity contribution in [3.63, 3.8) is 0 Å². The number of aryl methyl sites for hydroxylation is 1. The van der Waals surface area contributed by atoms with Gasteiger partial charge in [-0.1, -0.05) is 18.2 Å². The standard InChI is InChI=1S/C24H21N5/c1-18-9-12-25-20(14-18)21-15-19(10-13-26-21)16-28-17-29(24-8-4-5-11-27-24)23-7-3-2-6-22(23)28/h2-15H,16-17H2,1H3. The lowest BCUT2D eigenvalue weighted by Gasteiger charge is -2.21. The van der Waals surface area contributed by atoms with E-state index in [0.717, 1.165) is 30.4 Å². The lowest BCUT2D eigenvalue weighted by atomic mass is 10.1. The van der Waals surface area contributed by atoms with Gasteiger partial charge in [0.15, 0.2) is 0 Å². The summed E-state index contributed by atoms with van der Waals surface area (Å²) in [5, 5.41) is 0. The zero-order valence-electron chi connectivity index (χ0n) is 16.2. The molecule has 0 amide bonds. The quantitative estimate of drug-likeness (QED) is 0.501. The largest absolute Gasteiger partial charge is 0.347 e. The number of para-hydroxylation sites is 2. The minimum absolute atomic E-state index is 0.761. The number of hydrogen-bond acceptors (Lipinski definition) is 5. The third-order valence-corrected chi connectivity index (χ3v) is 5.13. The van der Waals surface area contributed by atoms with Gasteiger partial charge in [-0.3, -0.25) is 9.97 Å². The van der Waals surface area contributed by atoms with Crippen molar-refractivity contribution < 1.29 is 0 Å². The second-order valence-corrected chi connectivity index (χ2v) is 7.21. The Labute approximate surface area is 170 Å². The van der Waals surface area contributed by atoms with E-state index in [0.29, 0.717) is 0 Å². The molecule has 1 aliphatic heterocycles. The Morgan fingerprint density at radius 3 is 2.31 bits per heavy atom. The first kappa shape index (κ1) is 17.4. The first-order valence-electron chi connectivity index (χ1n) is 9.68. The fraction of sp³-hybridized carbons (Fsp3) is 0.125. The van der Waals surface area contributed by atoms with Crippen LogP contribution < -0.4 is 9.80 Å². The summed E-state index contributed by atoms with van der Waals surface area (Å²) < 4.78 is 0. The average Bonchev–Trinajstić information content (AvgIpc) is 3.13. The predicted octanol–water partition coefficient (Wildman–Crippen LogP) is 4.96. The van der Waals surface area contributed by atoms with Crippen LogP contribution in [0, 0.1) is 6.92 Å². The molecule has 5 heteroatoms. The van der Waals surface area contributed by atoms with Crippen LogP contribution in [0.2, 0.25) is 0 Å². The Morgan fingerprint density at radius 2 is 1.52 bits per heavy atom. The smallest absolute Gasteiger partial charge is 0.134 e. The fourth-order valence-electron chi connectivity index (χ4n) is 3.74. The first-order chi connectivity index (χ1) is 14.3. The van der Waals surface area contributed by atoms with Crippen LogP contribution >= 0.6 is 0 Å². The monoisotopic (exact) mass is 379 g/mol. The summed E-state index contributed by atoms with van der Waals surface area (Å²) in [6.07, 6.45) is 5.54. The molecule has 4 aromatic rings. The van der Waals surface area contributed by atoms with Crippen molar-refractivity contribution in [1.29, 1.82) is 0 Å². The van der Waals surface area contributed by atoms with Crippen LogP contribution in [0.1, 0.15) is 11.1 Å². The summed E-state index contributed by atoms with van der Waals surface area (Å²) in [5.74, 6) is 0.960. The molecule has 0 bridgehead atoms. The van der Waals surface area contributed by atoms with E-state index in [9.17, 15) is 0 Å². The molecule has 0 unspecified atom stereocenters. The lowest BCUT2D eigenvalue weighted by molar-refractivity contribution is 0.826. The highest BCUT2D eigenvalue weighted by Gasteiger charge is 2.27. The maximum atomic E-state index is 4.54. The number of anilines is 3. The van der Waals surface area contributed by atoms with Gasteiger partial charge in [-0.15, -0.1) is 0 Å². The van der Waals surface area contributed by atoms with Gasteiger partial charge in [0.25, 0.3) is 0 Å². The highest BCUT2D eigenvalue weighted by molar-refractivity contribution is 5.81. The molecule has 142 valence electrons. The summed E-state index contributed by atoms with van der Waals surface area (Å²) in [6.45, 7) is 3.63. The Hall–Kier alpha value is -3.73. The molecule has 29 heavy (non-hydrogen) atoms. The molecule has 0 saturated carbocycles. The molecule has 0 atom stereocenters. The van der Waals surface area contributed by atoms with Crippen LogP contribution in [0.3, 0.4) is 0 Å². The van der Waals surface area contributed by atoms with Crippen LogP contribution in [-0.2, 0) is 6.54 Å². The molecule has 3 aromatic heterocycles. The van der Waals surface area contributed by atoms with E-state index < -0.39 is 0 Å². The van der Waals surface area contributed by atoms with E-state index in [4.69, 9.17) is 0 Å². The highest BCUT2D eigenvalue weighted by atomic mass is 15.4. The lowest BCUT2D eigenvalue weighted by Crippen LogP contribution is -2.27. The van der Waals surface area contributed by atoms with Crippen LogP contribution in [0.25, 0.3) is 11.4 Å². The van der Waals surface area contributed by atoms with Gasteiger partial charge in [0.2, 0.25) is 0 Å². The first-order valence-corrected chi connectivity index (χ1v) is 9.68. The van der Waals surface area contributed by atoms with Crippen molar-refractivity contribution in [2.45, 2.75) is 13.5 Å². The number of benzene rings is 1. The molecule has 0 radical (unpaired) electrons. The van der Waals surface area contributed by atoms with E-state index in [1.54, 1.807) is 0 Å². The van der Waals surface area contributed by atoms with Gasteiger partial charge in [-0.25, -0.2) is 4.98 Å². The number of aromatic nitrogens is 3. The van der Waals surface area contributed by atoms with E-state index >= 15 is 0 Å². The average molecular weight is 379 g/mol. The van der Waals surface area contributed by atoms with Crippen molar-refractivity contribution in [3.8, 4) is 11.4 Å². The number of rotatable bonds is 4. The van der Waals surface area contributed by atoms with Gasteiger partial charge in [-0.2, -0.15) is 0 Å². The maximum Gasteiger partial charge on any atom is 0.134 e. The van der Waals surface area contributed by atoms with Gasteiger partial charge in [-0.05, 0) is 66.6 Å². The Bertz CT molecular complexity index is 1140. The SMILES string of the molecule is Cc1ccnc(-c2cc(CN3CN(c4ccccn4)c4ccccc43)ccn2)c1. The van der Waals surface area contributed by atoms with Crippen LogP contribution in [0.15, 0.2) is 85.3 Å². The normalized spacial score (nSPS) is 12.9. The minimum atomic E-state index is 0.761. The third kappa shape index (κ3) is 3.43. The van der Waals surface area contributed by atoms with Crippen molar-refractivity contribution >= 4 is 17.2 Å². The number of fused-ring (bicyclic) bond motifs is 1. The number of nitrogens with zero attached hydrogens (tertiary/aromatic N) is 5. The van der Waals surface area contributed by atoms with Crippen LogP contribution in [0.5, 0.6) is 0 Å². The second kappa shape index (κ2) is 7.36. The molecule has 0 spiro atoms. The van der Waals surface area contributed by atoms with Crippen molar-refractivity contribution in [3.05, 3.63) is 96.4 Å².